The van der Waals surface area contributed by atoms with Gasteiger partial charge in [0.25, 0.3) is 11.6 Å². The van der Waals surface area contributed by atoms with Crippen LogP contribution < -0.4 is 5.32 Å². The summed E-state index contributed by atoms with van der Waals surface area (Å²) < 4.78 is 0. The number of hydrogen-bond acceptors (Lipinski definition) is 5. The predicted molar refractivity (Wildman–Crippen MR) is 80.7 cm³/mol. The second-order valence-electron chi connectivity index (χ2n) is 4.93. The summed E-state index contributed by atoms with van der Waals surface area (Å²) >= 11 is 0. The van der Waals surface area contributed by atoms with Gasteiger partial charge in [-0.15, -0.1) is 0 Å². The van der Waals surface area contributed by atoms with Gasteiger partial charge in [0.15, 0.2) is 0 Å². The Morgan fingerprint density at radius 3 is 2.52 bits per heavy atom. The van der Waals surface area contributed by atoms with Gasteiger partial charge in [-0.1, -0.05) is 13.0 Å². The highest BCUT2D eigenvalue weighted by molar-refractivity contribution is 6.01. The molecule has 21 heavy (non-hydrogen) atoms. The summed E-state index contributed by atoms with van der Waals surface area (Å²) in [7, 11) is 1.59. The quantitative estimate of drug-likeness (QED) is 0.670. The Morgan fingerprint density at radius 1 is 1.33 bits per heavy atom. The van der Waals surface area contributed by atoms with E-state index < -0.39 is 4.92 Å². The fourth-order valence-corrected chi connectivity index (χ4v) is 2.57. The SMILES string of the molecule is CCN1CCN(C(=O)c2cccc([N+](=O)[O-])c2NC)CC1. The van der Waals surface area contributed by atoms with Gasteiger partial charge in [-0.25, -0.2) is 0 Å². The first-order valence-electron chi connectivity index (χ1n) is 7.05. The van der Waals surface area contributed by atoms with Crippen molar-refractivity contribution < 1.29 is 9.72 Å². The number of anilines is 1. The Kier molecular flexibility index (Phi) is 4.74. The van der Waals surface area contributed by atoms with E-state index in [4.69, 9.17) is 0 Å². The van der Waals surface area contributed by atoms with E-state index in [1.165, 1.54) is 6.07 Å². The van der Waals surface area contributed by atoms with Gasteiger partial charge >= 0.3 is 0 Å². The number of piperazine rings is 1. The summed E-state index contributed by atoms with van der Waals surface area (Å²) in [5.41, 5.74) is 0.567. The number of likely N-dealkylation sites (N-methyl/N-ethyl adjacent to an activating group) is 1. The molecule has 1 aromatic rings. The number of nitrogens with zero attached hydrogens (tertiary/aromatic N) is 3. The lowest BCUT2D eigenvalue weighted by atomic mass is 10.1. The van der Waals surface area contributed by atoms with Crippen LogP contribution in [0.15, 0.2) is 18.2 Å². The molecule has 0 aromatic heterocycles. The molecule has 1 aromatic carbocycles. The predicted octanol–water partition coefficient (Wildman–Crippen LogP) is 1.41. The summed E-state index contributed by atoms with van der Waals surface area (Å²) in [6.07, 6.45) is 0. The summed E-state index contributed by atoms with van der Waals surface area (Å²) in [5, 5.41) is 13.8. The molecule has 0 radical (unpaired) electrons. The van der Waals surface area contributed by atoms with Crippen LogP contribution in [0.1, 0.15) is 17.3 Å². The Labute approximate surface area is 123 Å². The minimum atomic E-state index is -0.475. The molecule has 0 unspecified atom stereocenters. The number of carbonyl (C=O) groups is 1. The third kappa shape index (κ3) is 3.13. The van der Waals surface area contributed by atoms with Crippen LogP contribution >= 0.6 is 0 Å². The zero-order valence-electron chi connectivity index (χ0n) is 12.3. The normalized spacial score (nSPS) is 15.8. The molecular weight excluding hydrogens is 272 g/mol. The number of benzene rings is 1. The van der Waals surface area contributed by atoms with Gasteiger partial charge in [0, 0.05) is 39.3 Å². The second kappa shape index (κ2) is 6.53. The first-order valence-corrected chi connectivity index (χ1v) is 7.05. The van der Waals surface area contributed by atoms with E-state index >= 15 is 0 Å². The summed E-state index contributed by atoms with van der Waals surface area (Å²) in [6, 6.07) is 4.58. The molecular formula is C14H20N4O3. The molecule has 0 bridgehead atoms. The van der Waals surface area contributed by atoms with Gasteiger partial charge in [-0.2, -0.15) is 0 Å². The molecule has 1 fully saturated rings. The van der Waals surface area contributed by atoms with Crippen LogP contribution in [0.3, 0.4) is 0 Å². The molecule has 1 aliphatic heterocycles. The largest absolute Gasteiger partial charge is 0.382 e. The average Bonchev–Trinajstić information content (AvgIpc) is 2.53. The summed E-state index contributed by atoms with van der Waals surface area (Å²) in [6.45, 7) is 6.05. The molecule has 1 aliphatic rings. The second-order valence-corrected chi connectivity index (χ2v) is 4.93. The number of nitro benzene ring substituents is 1. The van der Waals surface area contributed by atoms with Crippen LogP contribution in [0.2, 0.25) is 0 Å². The number of rotatable bonds is 4. The van der Waals surface area contributed by atoms with Crippen molar-refractivity contribution >= 4 is 17.3 Å². The van der Waals surface area contributed by atoms with E-state index in [2.05, 4.69) is 17.1 Å². The molecule has 1 amide bonds. The highest BCUT2D eigenvalue weighted by Crippen LogP contribution is 2.28. The van der Waals surface area contributed by atoms with Gasteiger partial charge in [0.05, 0.1) is 10.5 Å². The van der Waals surface area contributed by atoms with E-state index in [0.29, 0.717) is 18.7 Å². The molecule has 7 nitrogen and oxygen atoms in total. The van der Waals surface area contributed by atoms with Crippen molar-refractivity contribution in [2.24, 2.45) is 0 Å². The fourth-order valence-electron chi connectivity index (χ4n) is 2.57. The van der Waals surface area contributed by atoms with Gasteiger partial charge in [-0.05, 0) is 12.6 Å². The summed E-state index contributed by atoms with van der Waals surface area (Å²) in [4.78, 5) is 27.2. The molecule has 1 heterocycles. The molecule has 1 saturated heterocycles. The highest BCUT2D eigenvalue weighted by Gasteiger charge is 2.26. The van der Waals surface area contributed by atoms with Crippen molar-refractivity contribution in [3.63, 3.8) is 0 Å². The van der Waals surface area contributed by atoms with Crippen LogP contribution in [0, 0.1) is 10.1 Å². The minimum Gasteiger partial charge on any atom is -0.382 e. The number of carbonyl (C=O) groups excluding carboxylic acids is 1. The molecule has 0 atom stereocenters. The minimum absolute atomic E-state index is 0.0736. The Balaban J connectivity index is 2.24. The van der Waals surface area contributed by atoms with E-state index in [0.717, 1.165) is 19.6 Å². The van der Waals surface area contributed by atoms with Gasteiger partial charge < -0.3 is 15.1 Å². The monoisotopic (exact) mass is 292 g/mol. The third-order valence-electron chi connectivity index (χ3n) is 3.83. The zero-order valence-corrected chi connectivity index (χ0v) is 12.3. The van der Waals surface area contributed by atoms with E-state index in [1.807, 2.05) is 0 Å². The lowest BCUT2D eigenvalue weighted by Gasteiger charge is -2.34. The fraction of sp³-hybridized carbons (Fsp3) is 0.500. The van der Waals surface area contributed by atoms with Crippen molar-refractivity contribution in [2.75, 3.05) is 45.1 Å². The molecule has 2 rings (SSSR count). The number of nitrogens with one attached hydrogen (secondary N) is 1. The van der Waals surface area contributed by atoms with Crippen LogP contribution in [0.25, 0.3) is 0 Å². The van der Waals surface area contributed by atoms with Crippen LogP contribution in [-0.2, 0) is 0 Å². The highest BCUT2D eigenvalue weighted by atomic mass is 16.6. The average molecular weight is 292 g/mol. The van der Waals surface area contributed by atoms with Gasteiger partial charge in [0.1, 0.15) is 5.69 Å². The topological polar surface area (TPSA) is 78.7 Å². The van der Waals surface area contributed by atoms with Crippen molar-refractivity contribution in [1.29, 1.82) is 0 Å². The first kappa shape index (κ1) is 15.2. The van der Waals surface area contributed by atoms with Crippen LogP contribution in [-0.4, -0.2) is 60.4 Å². The van der Waals surface area contributed by atoms with E-state index in [1.54, 1.807) is 24.1 Å². The zero-order chi connectivity index (χ0) is 15.4. The third-order valence-corrected chi connectivity index (χ3v) is 3.83. The van der Waals surface area contributed by atoms with E-state index in [-0.39, 0.29) is 17.3 Å². The molecule has 0 spiro atoms. The molecule has 114 valence electrons. The maximum atomic E-state index is 12.6. The van der Waals surface area contributed by atoms with E-state index in [9.17, 15) is 14.9 Å². The molecule has 0 aliphatic carbocycles. The van der Waals surface area contributed by atoms with Crippen molar-refractivity contribution in [3.05, 3.63) is 33.9 Å². The molecule has 0 saturated carbocycles. The standard InChI is InChI=1S/C14H20N4O3/c1-3-16-7-9-17(10-8-16)14(19)11-5-4-6-12(18(20)21)13(11)15-2/h4-6,15H,3,7-10H2,1-2H3. The molecule has 7 heteroatoms. The Morgan fingerprint density at radius 2 is 2.00 bits per heavy atom. The lowest BCUT2D eigenvalue weighted by molar-refractivity contribution is -0.384. The first-order chi connectivity index (χ1) is 10.1. The lowest BCUT2D eigenvalue weighted by Crippen LogP contribution is -2.48. The smallest absolute Gasteiger partial charge is 0.293 e. The Bertz CT molecular complexity index is 539. The van der Waals surface area contributed by atoms with Gasteiger partial charge in [-0.3, -0.25) is 14.9 Å². The summed E-state index contributed by atoms with van der Waals surface area (Å²) in [5.74, 6) is -0.154. The number of nitro groups is 1. The van der Waals surface area contributed by atoms with Gasteiger partial charge in [0.2, 0.25) is 0 Å². The maximum absolute atomic E-state index is 12.6. The number of hydrogen-bond donors (Lipinski definition) is 1. The number of para-hydroxylation sites is 1. The van der Waals surface area contributed by atoms with Crippen molar-refractivity contribution in [1.82, 2.24) is 9.80 Å². The molecule has 1 N–H and O–H groups in total. The van der Waals surface area contributed by atoms with Crippen LogP contribution in [0.4, 0.5) is 11.4 Å². The van der Waals surface area contributed by atoms with Crippen molar-refractivity contribution in [3.8, 4) is 0 Å². The maximum Gasteiger partial charge on any atom is 0.293 e. The number of amides is 1. The Hall–Kier alpha value is -2.15. The van der Waals surface area contributed by atoms with Crippen molar-refractivity contribution in [2.45, 2.75) is 6.92 Å². The van der Waals surface area contributed by atoms with Crippen LogP contribution in [0.5, 0.6) is 0 Å².